The van der Waals surface area contributed by atoms with E-state index in [9.17, 15) is 10.1 Å². The fraction of sp³-hybridized carbons (Fsp3) is 0.0769. The summed E-state index contributed by atoms with van der Waals surface area (Å²) in [5, 5.41) is 14.0. The molecule has 98 valence electrons. The van der Waals surface area contributed by atoms with Gasteiger partial charge in [0, 0.05) is 22.8 Å². The van der Waals surface area contributed by atoms with E-state index in [2.05, 4.69) is 21.2 Å². The van der Waals surface area contributed by atoms with Crippen molar-refractivity contribution in [1.82, 2.24) is 0 Å². The number of hydrogen-bond donors (Lipinski definition) is 2. The molecule has 2 aromatic carbocycles. The van der Waals surface area contributed by atoms with Gasteiger partial charge in [0.05, 0.1) is 4.92 Å². The Balaban J connectivity index is 2.15. The summed E-state index contributed by atoms with van der Waals surface area (Å²) >= 11 is 3.22. The molecule has 2 aromatic rings. The van der Waals surface area contributed by atoms with Crippen LogP contribution in [0.25, 0.3) is 0 Å². The molecular weight excluding hydrogens is 310 g/mol. The highest BCUT2D eigenvalue weighted by atomic mass is 79.9. The predicted octanol–water partition coefficient (Wildman–Crippen LogP) is 3.55. The smallest absolute Gasteiger partial charge is 0.293 e. The van der Waals surface area contributed by atoms with Gasteiger partial charge >= 0.3 is 0 Å². The normalized spacial score (nSPS) is 10.2. The molecule has 0 amide bonds. The molecule has 0 saturated carbocycles. The van der Waals surface area contributed by atoms with E-state index >= 15 is 0 Å². The number of benzene rings is 2. The van der Waals surface area contributed by atoms with Gasteiger partial charge in [-0.15, -0.1) is 0 Å². The molecular formula is C13H12BrN3O2. The molecule has 0 aliphatic carbocycles. The molecule has 0 aromatic heterocycles. The number of nitro benzene ring substituents is 1. The molecule has 0 aliphatic rings. The zero-order valence-corrected chi connectivity index (χ0v) is 11.6. The first-order valence-electron chi connectivity index (χ1n) is 5.58. The highest BCUT2D eigenvalue weighted by molar-refractivity contribution is 9.10. The Hall–Kier alpha value is -2.08. The van der Waals surface area contributed by atoms with Crippen LogP contribution in [0.4, 0.5) is 17.1 Å². The van der Waals surface area contributed by atoms with Gasteiger partial charge in [-0.2, -0.15) is 0 Å². The van der Waals surface area contributed by atoms with E-state index in [4.69, 9.17) is 5.73 Å². The first kappa shape index (κ1) is 13.4. The first-order valence-corrected chi connectivity index (χ1v) is 6.38. The standard InChI is InChI=1S/C13H12BrN3O2/c14-10-3-6-12(13(7-10)17(18)19)16-8-9-1-4-11(15)5-2-9/h1-7,16H,8,15H2. The van der Waals surface area contributed by atoms with Crippen LogP contribution in [0, 0.1) is 10.1 Å². The van der Waals surface area contributed by atoms with Gasteiger partial charge in [-0.1, -0.05) is 28.1 Å². The number of nitrogens with zero attached hydrogens (tertiary/aromatic N) is 1. The number of halogens is 1. The molecule has 0 atom stereocenters. The van der Waals surface area contributed by atoms with Crippen LogP contribution in [0.5, 0.6) is 0 Å². The van der Waals surface area contributed by atoms with Crippen molar-refractivity contribution >= 4 is 33.0 Å². The summed E-state index contributed by atoms with van der Waals surface area (Å²) in [5.74, 6) is 0. The Bertz CT molecular complexity index is 599. The zero-order chi connectivity index (χ0) is 13.8. The number of nitro groups is 1. The van der Waals surface area contributed by atoms with Crippen LogP contribution in [-0.4, -0.2) is 4.92 Å². The van der Waals surface area contributed by atoms with Gasteiger partial charge in [0.15, 0.2) is 0 Å². The molecule has 0 aliphatic heterocycles. The zero-order valence-electron chi connectivity index (χ0n) is 9.97. The van der Waals surface area contributed by atoms with E-state index in [0.717, 1.165) is 5.56 Å². The van der Waals surface area contributed by atoms with Crippen LogP contribution in [0.15, 0.2) is 46.9 Å². The average molecular weight is 322 g/mol. The Morgan fingerprint density at radius 3 is 2.53 bits per heavy atom. The van der Waals surface area contributed by atoms with E-state index in [1.165, 1.54) is 6.07 Å². The molecule has 0 radical (unpaired) electrons. The third kappa shape index (κ3) is 3.45. The second-order valence-electron chi connectivity index (χ2n) is 4.01. The van der Waals surface area contributed by atoms with Crippen molar-refractivity contribution < 1.29 is 4.92 Å². The molecule has 3 N–H and O–H groups in total. The minimum atomic E-state index is -0.407. The average Bonchev–Trinajstić information content (AvgIpc) is 2.39. The van der Waals surface area contributed by atoms with Crippen LogP contribution in [-0.2, 0) is 6.54 Å². The van der Waals surface area contributed by atoms with Crippen molar-refractivity contribution in [1.29, 1.82) is 0 Å². The van der Waals surface area contributed by atoms with Crippen LogP contribution in [0.2, 0.25) is 0 Å². The summed E-state index contributed by atoms with van der Waals surface area (Å²) in [6, 6.07) is 12.3. The van der Waals surface area contributed by atoms with Crippen LogP contribution in [0.1, 0.15) is 5.56 Å². The lowest BCUT2D eigenvalue weighted by Crippen LogP contribution is -2.02. The maximum atomic E-state index is 11.0. The number of nitrogen functional groups attached to an aromatic ring is 1. The molecule has 0 unspecified atom stereocenters. The largest absolute Gasteiger partial charge is 0.399 e. The molecule has 0 saturated heterocycles. The van der Waals surface area contributed by atoms with Gasteiger partial charge in [0.25, 0.3) is 5.69 Å². The molecule has 5 nitrogen and oxygen atoms in total. The Morgan fingerprint density at radius 1 is 1.21 bits per heavy atom. The van der Waals surface area contributed by atoms with Gasteiger partial charge in [0.1, 0.15) is 5.69 Å². The molecule has 0 bridgehead atoms. The van der Waals surface area contributed by atoms with Gasteiger partial charge < -0.3 is 11.1 Å². The van der Waals surface area contributed by atoms with Crippen LogP contribution in [0.3, 0.4) is 0 Å². The number of nitrogens with two attached hydrogens (primary N) is 1. The second-order valence-corrected chi connectivity index (χ2v) is 4.93. The number of nitrogens with one attached hydrogen (secondary N) is 1. The number of rotatable bonds is 4. The van der Waals surface area contributed by atoms with E-state index in [1.54, 1.807) is 24.3 Å². The molecule has 0 spiro atoms. The van der Waals surface area contributed by atoms with Crippen molar-refractivity contribution in [2.24, 2.45) is 0 Å². The minimum Gasteiger partial charge on any atom is -0.399 e. The SMILES string of the molecule is Nc1ccc(CNc2ccc(Br)cc2[N+](=O)[O-])cc1. The van der Waals surface area contributed by atoms with E-state index < -0.39 is 4.92 Å². The Labute approximate surface area is 118 Å². The maximum absolute atomic E-state index is 11.0. The van der Waals surface area contributed by atoms with Gasteiger partial charge in [0.2, 0.25) is 0 Å². The lowest BCUT2D eigenvalue weighted by molar-refractivity contribution is -0.384. The highest BCUT2D eigenvalue weighted by Crippen LogP contribution is 2.28. The molecule has 2 rings (SSSR count). The first-order chi connectivity index (χ1) is 9.06. The maximum Gasteiger partial charge on any atom is 0.293 e. The highest BCUT2D eigenvalue weighted by Gasteiger charge is 2.13. The Morgan fingerprint density at radius 2 is 1.89 bits per heavy atom. The molecule has 0 fully saturated rings. The molecule has 0 heterocycles. The summed E-state index contributed by atoms with van der Waals surface area (Å²) in [6.45, 7) is 0.503. The van der Waals surface area contributed by atoms with Gasteiger partial charge in [-0.05, 0) is 29.8 Å². The van der Waals surface area contributed by atoms with Crippen LogP contribution >= 0.6 is 15.9 Å². The van der Waals surface area contributed by atoms with Crippen LogP contribution < -0.4 is 11.1 Å². The second kappa shape index (κ2) is 5.71. The van der Waals surface area contributed by atoms with Crippen molar-refractivity contribution in [3.8, 4) is 0 Å². The van der Waals surface area contributed by atoms with Gasteiger partial charge in [-0.3, -0.25) is 10.1 Å². The quantitative estimate of drug-likeness (QED) is 0.512. The van der Waals surface area contributed by atoms with Crippen molar-refractivity contribution in [3.63, 3.8) is 0 Å². The summed E-state index contributed by atoms with van der Waals surface area (Å²) in [4.78, 5) is 10.6. The minimum absolute atomic E-state index is 0.0461. The topological polar surface area (TPSA) is 81.2 Å². The van der Waals surface area contributed by atoms with Crippen molar-refractivity contribution in [2.75, 3.05) is 11.1 Å². The molecule has 19 heavy (non-hydrogen) atoms. The summed E-state index contributed by atoms with van der Waals surface area (Å²) in [7, 11) is 0. The third-order valence-electron chi connectivity index (χ3n) is 2.62. The third-order valence-corrected chi connectivity index (χ3v) is 3.11. The van der Waals surface area contributed by atoms with Crippen molar-refractivity contribution in [2.45, 2.75) is 6.54 Å². The lowest BCUT2D eigenvalue weighted by atomic mass is 10.2. The van der Waals surface area contributed by atoms with Gasteiger partial charge in [-0.25, -0.2) is 0 Å². The summed E-state index contributed by atoms with van der Waals surface area (Å²) in [6.07, 6.45) is 0. The number of anilines is 2. The van der Waals surface area contributed by atoms with E-state index in [-0.39, 0.29) is 5.69 Å². The van der Waals surface area contributed by atoms with Crippen molar-refractivity contribution in [3.05, 3.63) is 62.6 Å². The summed E-state index contributed by atoms with van der Waals surface area (Å²) < 4.78 is 0.678. The van der Waals surface area contributed by atoms with E-state index in [0.29, 0.717) is 22.4 Å². The lowest BCUT2D eigenvalue weighted by Gasteiger charge is -2.07. The monoisotopic (exact) mass is 321 g/mol. The molecule has 6 heteroatoms. The summed E-state index contributed by atoms with van der Waals surface area (Å²) in [5.41, 5.74) is 7.84. The fourth-order valence-electron chi connectivity index (χ4n) is 1.64. The Kier molecular flexibility index (Phi) is 4.01. The number of hydrogen-bond acceptors (Lipinski definition) is 4. The predicted molar refractivity (Wildman–Crippen MR) is 79.0 cm³/mol. The fourth-order valence-corrected chi connectivity index (χ4v) is 1.99. The van der Waals surface area contributed by atoms with E-state index in [1.807, 2.05) is 12.1 Å².